The summed E-state index contributed by atoms with van der Waals surface area (Å²) in [4.78, 5) is 24.3. The first kappa shape index (κ1) is 19.8. The Balaban J connectivity index is 1.99. The maximum atomic E-state index is 12.2. The minimum Gasteiger partial charge on any atom is -0.495 e. The summed E-state index contributed by atoms with van der Waals surface area (Å²) >= 11 is 6.12. The van der Waals surface area contributed by atoms with Gasteiger partial charge < -0.3 is 14.8 Å². The Labute approximate surface area is 158 Å². The van der Waals surface area contributed by atoms with Crippen molar-refractivity contribution in [2.24, 2.45) is 0 Å². The van der Waals surface area contributed by atoms with Gasteiger partial charge in [0.05, 0.1) is 19.2 Å². The summed E-state index contributed by atoms with van der Waals surface area (Å²) in [6.45, 7) is 0. The highest BCUT2D eigenvalue weighted by Crippen LogP contribution is 2.25. The number of carbonyl (C=O) groups is 2. The zero-order valence-electron chi connectivity index (χ0n) is 14.8. The fraction of sp³-hybridized carbons (Fsp3) is 0.300. The number of rotatable bonds is 8. The Morgan fingerprint density at radius 1 is 1.08 bits per heavy atom. The molecule has 6 heteroatoms. The van der Waals surface area contributed by atoms with E-state index < -0.39 is 12.0 Å². The third-order valence-electron chi connectivity index (χ3n) is 3.96. The molecule has 26 heavy (non-hydrogen) atoms. The number of halogens is 1. The van der Waals surface area contributed by atoms with E-state index in [0.29, 0.717) is 23.6 Å². The van der Waals surface area contributed by atoms with Gasteiger partial charge in [0.2, 0.25) is 5.91 Å². The molecule has 1 atom stereocenters. The summed E-state index contributed by atoms with van der Waals surface area (Å²) in [6.07, 6.45) is 1.18. The predicted molar refractivity (Wildman–Crippen MR) is 100 cm³/mol. The molecule has 138 valence electrons. The summed E-state index contributed by atoms with van der Waals surface area (Å²) in [5.74, 6) is -0.147. The first-order chi connectivity index (χ1) is 12.5. The van der Waals surface area contributed by atoms with Crippen molar-refractivity contribution in [2.75, 3.05) is 14.2 Å². The molecule has 1 amide bonds. The molecule has 0 aliphatic rings. The van der Waals surface area contributed by atoms with Crippen LogP contribution in [0, 0.1) is 0 Å². The van der Waals surface area contributed by atoms with Gasteiger partial charge in [-0.1, -0.05) is 48.0 Å². The SMILES string of the molecule is COC(=O)[C@@H](Cc1ccc(OC)c(Cl)c1)NC(=O)CCc1ccccc1. The normalized spacial score (nSPS) is 11.5. The number of ether oxygens (including phenoxy) is 2. The quantitative estimate of drug-likeness (QED) is 0.720. The molecule has 5 nitrogen and oxygen atoms in total. The number of methoxy groups -OCH3 is 2. The zero-order valence-corrected chi connectivity index (χ0v) is 15.6. The first-order valence-corrected chi connectivity index (χ1v) is 8.64. The van der Waals surface area contributed by atoms with E-state index in [0.717, 1.165) is 11.1 Å². The highest BCUT2D eigenvalue weighted by atomic mass is 35.5. The van der Waals surface area contributed by atoms with Gasteiger partial charge in [-0.25, -0.2) is 4.79 Å². The molecule has 0 fully saturated rings. The minimum atomic E-state index is -0.771. The van der Waals surface area contributed by atoms with Crippen LogP contribution in [-0.4, -0.2) is 32.1 Å². The number of aryl methyl sites for hydroxylation is 1. The van der Waals surface area contributed by atoms with Gasteiger partial charge in [0.25, 0.3) is 0 Å². The summed E-state index contributed by atoms with van der Waals surface area (Å²) in [7, 11) is 2.83. The van der Waals surface area contributed by atoms with Crippen molar-refractivity contribution in [3.63, 3.8) is 0 Å². The van der Waals surface area contributed by atoms with Crippen molar-refractivity contribution in [3.05, 3.63) is 64.7 Å². The van der Waals surface area contributed by atoms with E-state index in [9.17, 15) is 9.59 Å². The van der Waals surface area contributed by atoms with Crippen molar-refractivity contribution in [2.45, 2.75) is 25.3 Å². The largest absolute Gasteiger partial charge is 0.495 e. The molecule has 0 aromatic heterocycles. The summed E-state index contributed by atoms with van der Waals surface area (Å²) in [5, 5.41) is 3.19. The number of hydrogen-bond acceptors (Lipinski definition) is 4. The molecule has 0 bridgehead atoms. The van der Waals surface area contributed by atoms with Crippen molar-refractivity contribution in [1.29, 1.82) is 0 Å². The standard InChI is InChI=1S/C20H22ClNO4/c1-25-18-10-8-15(12-16(18)21)13-17(20(24)26-2)22-19(23)11-9-14-6-4-3-5-7-14/h3-8,10,12,17H,9,11,13H2,1-2H3,(H,22,23)/t17-/m1/s1. The van der Waals surface area contributed by atoms with Gasteiger partial charge in [0.15, 0.2) is 0 Å². The van der Waals surface area contributed by atoms with E-state index in [1.54, 1.807) is 18.2 Å². The van der Waals surface area contributed by atoms with Crippen molar-refractivity contribution in [1.82, 2.24) is 5.32 Å². The zero-order chi connectivity index (χ0) is 18.9. The molecular weight excluding hydrogens is 354 g/mol. The fourth-order valence-electron chi connectivity index (χ4n) is 2.58. The molecule has 2 aromatic rings. The number of esters is 1. The predicted octanol–water partition coefficient (Wildman–Crippen LogP) is 3.18. The van der Waals surface area contributed by atoms with Gasteiger partial charge in [-0.2, -0.15) is 0 Å². The minimum absolute atomic E-state index is 0.205. The second-order valence-corrected chi connectivity index (χ2v) is 6.21. The molecule has 0 spiro atoms. The van der Waals surface area contributed by atoms with Crippen LogP contribution in [-0.2, 0) is 27.2 Å². The maximum Gasteiger partial charge on any atom is 0.328 e. The lowest BCUT2D eigenvalue weighted by Crippen LogP contribution is -2.43. The number of amides is 1. The van der Waals surface area contributed by atoms with Crippen LogP contribution in [0.1, 0.15) is 17.5 Å². The average Bonchev–Trinajstić information content (AvgIpc) is 2.66. The van der Waals surface area contributed by atoms with E-state index in [2.05, 4.69) is 5.32 Å². The third kappa shape index (κ3) is 5.77. The number of nitrogens with one attached hydrogen (secondary N) is 1. The van der Waals surface area contributed by atoms with Crippen LogP contribution in [0.4, 0.5) is 0 Å². The molecule has 0 aliphatic heterocycles. The molecule has 0 heterocycles. The molecule has 0 saturated heterocycles. The van der Waals surface area contributed by atoms with Crippen LogP contribution in [0.3, 0.4) is 0 Å². The summed E-state index contributed by atoms with van der Waals surface area (Å²) in [5.41, 5.74) is 1.87. The second kappa shape index (κ2) is 9.82. The van der Waals surface area contributed by atoms with E-state index in [4.69, 9.17) is 21.1 Å². The Morgan fingerprint density at radius 3 is 2.42 bits per heavy atom. The second-order valence-electron chi connectivity index (χ2n) is 5.80. The Morgan fingerprint density at radius 2 is 1.81 bits per heavy atom. The van der Waals surface area contributed by atoms with Crippen LogP contribution in [0.5, 0.6) is 5.75 Å². The lowest BCUT2D eigenvalue weighted by atomic mass is 10.0. The molecular formula is C20H22ClNO4. The van der Waals surface area contributed by atoms with Crippen LogP contribution >= 0.6 is 11.6 Å². The lowest BCUT2D eigenvalue weighted by Gasteiger charge is -2.17. The van der Waals surface area contributed by atoms with Crippen LogP contribution in [0.15, 0.2) is 48.5 Å². The van der Waals surface area contributed by atoms with E-state index in [-0.39, 0.29) is 12.3 Å². The van der Waals surface area contributed by atoms with Crippen LogP contribution < -0.4 is 10.1 Å². The van der Waals surface area contributed by atoms with Gasteiger partial charge >= 0.3 is 5.97 Å². The Bertz CT molecular complexity index is 749. The summed E-state index contributed by atoms with van der Waals surface area (Å²) in [6, 6.07) is 14.2. The van der Waals surface area contributed by atoms with Crippen molar-refractivity contribution >= 4 is 23.5 Å². The first-order valence-electron chi connectivity index (χ1n) is 8.27. The smallest absolute Gasteiger partial charge is 0.328 e. The van der Waals surface area contributed by atoms with Gasteiger partial charge in [0, 0.05) is 12.8 Å². The van der Waals surface area contributed by atoms with Gasteiger partial charge in [0.1, 0.15) is 11.8 Å². The van der Waals surface area contributed by atoms with Gasteiger partial charge in [-0.05, 0) is 29.7 Å². The summed E-state index contributed by atoms with van der Waals surface area (Å²) < 4.78 is 9.93. The van der Waals surface area contributed by atoms with Crippen LogP contribution in [0.2, 0.25) is 5.02 Å². The molecule has 2 rings (SSSR count). The lowest BCUT2D eigenvalue weighted by molar-refractivity contribution is -0.145. The number of carbonyl (C=O) groups excluding carboxylic acids is 2. The number of hydrogen-bond donors (Lipinski definition) is 1. The van der Waals surface area contributed by atoms with E-state index >= 15 is 0 Å². The Kier molecular flexibility index (Phi) is 7.48. The number of benzene rings is 2. The monoisotopic (exact) mass is 375 g/mol. The average molecular weight is 376 g/mol. The third-order valence-corrected chi connectivity index (χ3v) is 4.26. The topological polar surface area (TPSA) is 64.6 Å². The molecule has 0 radical (unpaired) electrons. The highest BCUT2D eigenvalue weighted by Gasteiger charge is 2.22. The van der Waals surface area contributed by atoms with E-state index in [1.807, 2.05) is 30.3 Å². The molecule has 0 unspecified atom stereocenters. The van der Waals surface area contributed by atoms with Gasteiger partial charge in [-0.15, -0.1) is 0 Å². The highest BCUT2D eigenvalue weighted by molar-refractivity contribution is 6.32. The van der Waals surface area contributed by atoms with Gasteiger partial charge in [-0.3, -0.25) is 4.79 Å². The van der Waals surface area contributed by atoms with Crippen molar-refractivity contribution < 1.29 is 19.1 Å². The molecule has 1 N–H and O–H groups in total. The fourth-order valence-corrected chi connectivity index (χ4v) is 2.86. The maximum absolute atomic E-state index is 12.2. The molecule has 0 saturated carbocycles. The van der Waals surface area contributed by atoms with E-state index in [1.165, 1.54) is 14.2 Å². The van der Waals surface area contributed by atoms with Crippen LogP contribution in [0.25, 0.3) is 0 Å². The molecule has 0 aliphatic carbocycles. The Hall–Kier alpha value is -2.53. The molecule has 2 aromatic carbocycles. The van der Waals surface area contributed by atoms with Crippen molar-refractivity contribution in [3.8, 4) is 5.75 Å².